The van der Waals surface area contributed by atoms with Crippen LogP contribution in [0.15, 0.2) is 47.4 Å². The molecular weight excluding hydrogens is 446 g/mol. The molecule has 1 saturated heterocycles. The fourth-order valence-corrected chi connectivity index (χ4v) is 4.36. The van der Waals surface area contributed by atoms with E-state index < -0.39 is 0 Å². The van der Waals surface area contributed by atoms with Gasteiger partial charge in [0.25, 0.3) is 0 Å². The Morgan fingerprint density at radius 2 is 1.91 bits per heavy atom. The number of aromatic nitrogens is 5. The van der Waals surface area contributed by atoms with Crippen LogP contribution in [0.2, 0.25) is 0 Å². The monoisotopic (exact) mass is 475 g/mol. The number of hydrogen-bond donors (Lipinski definition) is 2. The summed E-state index contributed by atoms with van der Waals surface area (Å²) in [6.07, 6.45) is 4.35. The second kappa shape index (κ2) is 10.2. The number of ether oxygens (including phenoxy) is 2. The summed E-state index contributed by atoms with van der Waals surface area (Å²) in [5.74, 6) is 0.153. The predicted molar refractivity (Wildman–Crippen MR) is 133 cm³/mol. The molecule has 0 saturated carbocycles. The molecule has 10 heteroatoms. The Balaban J connectivity index is 1.35. The Labute approximate surface area is 202 Å². The number of rotatable bonds is 9. The van der Waals surface area contributed by atoms with E-state index in [2.05, 4.69) is 49.1 Å². The topological polar surface area (TPSA) is 124 Å². The van der Waals surface area contributed by atoms with Gasteiger partial charge in [0.1, 0.15) is 12.1 Å². The molecular formula is C25H29N7O3. The molecule has 4 heterocycles. The van der Waals surface area contributed by atoms with Crippen molar-refractivity contribution >= 4 is 17.0 Å². The number of nitrogens with zero attached hydrogens (tertiary/aromatic N) is 5. The lowest BCUT2D eigenvalue weighted by Gasteiger charge is -2.15. The summed E-state index contributed by atoms with van der Waals surface area (Å²) in [5, 5.41) is 0. The Kier molecular flexibility index (Phi) is 6.73. The zero-order valence-corrected chi connectivity index (χ0v) is 19.7. The Morgan fingerprint density at radius 3 is 2.69 bits per heavy atom. The second-order valence-electron chi connectivity index (χ2n) is 8.68. The van der Waals surface area contributed by atoms with E-state index >= 15 is 0 Å². The van der Waals surface area contributed by atoms with E-state index in [4.69, 9.17) is 15.2 Å². The zero-order valence-electron chi connectivity index (χ0n) is 19.7. The van der Waals surface area contributed by atoms with Crippen molar-refractivity contribution in [2.75, 3.05) is 39.1 Å². The molecule has 0 amide bonds. The normalized spacial score (nSPS) is 14.1. The minimum Gasteiger partial charge on any atom is -0.461 e. The van der Waals surface area contributed by atoms with Gasteiger partial charge < -0.3 is 20.2 Å². The molecule has 10 nitrogen and oxygen atoms in total. The number of methoxy groups -OCH3 is 1. The molecule has 1 fully saturated rings. The molecule has 0 atom stereocenters. The largest absolute Gasteiger partial charge is 0.461 e. The van der Waals surface area contributed by atoms with Gasteiger partial charge in [0.15, 0.2) is 11.5 Å². The average Bonchev–Trinajstić information content (AvgIpc) is 3.48. The average molecular weight is 476 g/mol. The maximum absolute atomic E-state index is 12.6. The quantitative estimate of drug-likeness (QED) is 0.354. The zero-order chi connectivity index (χ0) is 24.2. The van der Waals surface area contributed by atoms with Gasteiger partial charge in [-0.2, -0.15) is 9.97 Å². The highest BCUT2D eigenvalue weighted by Crippen LogP contribution is 2.22. The Hall–Kier alpha value is -3.76. The summed E-state index contributed by atoms with van der Waals surface area (Å²) in [6.45, 7) is 4.26. The Bertz CT molecular complexity index is 1360. The highest BCUT2D eigenvalue weighted by atomic mass is 16.5. The fraction of sp³-hybridized carbons (Fsp3) is 0.360. The molecule has 3 aromatic heterocycles. The van der Waals surface area contributed by atoms with Crippen LogP contribution in [-0.2, 0) is 17.8 Å². The van der Waals surface area contributed by atoms with Gasteiger partial charge in [-0.25, -0.2) is 4.79 Å². The summed E-state index contributed by atoms with van der Waals surface area (Å²) < 4.78 is 12.0. The van der Waals surface area contributed by atoms with Gasteiger partial charge in [0.05, 0.1) is 18.8 Å². The first-order chi connectivity index (χ1) is 17.1. The van der Waals surface area contributed by atoms with E-state index in [0.29, 0.717) is 17.8 Å². The third kappa shape index (κ3) is 5.18. The van der Waals surface area contributed by atoms with E-state index in [-0.39, 0.29) is 30.7 Å². The van der Waals surface area contributed by atoms with Gasteiger partial charge in [-0.15, -0.1) is 0 Å². The number of pyridine rings is 1. The van der Waals surface area contributed by atoms with Crippen LogP contribution in [0.1, 0.15) is 24.0 Å². The van der Waals surface area contributed by atoms with E-state index in [0.717, 1.165) is 23.4 Å². The lowest BCUT2D eigenvalue weighted by Crippen LogP contribution is -2.18. The molecule has 182 valence electrons. The van der Waals surface area contributed by atoms with Crippen molar-refractivity contribution in [3.8, 4) is 17.3 Å². The first-order valence-electron chi connectivity index (χ1n) is 11.7. The number of likely N-dealkylation sites (tertiary alicyclic amines) is 1. The van der Waals surface area contributed by atoms with Gasteiger partial charge in [0.2, 0.25) is 0 Å². The van der Waals surface area contributed by atoms with Gasteiger partial charge in [0, 0.05) is 25.4 Å². The van der Waals surface area contributed by atoms with Crippen molar-refractivity contribution in [2.24, 2.45) is 0 Å². The number of nitrogens with one attached hydrogen (secondary N) is 1. The van der Waals surface area contributed by atoms with Crippen molar-refractivity contribution in [2.45, 2.75) is 25.9 Å². The molecule has 0 unspecified atom stereocenters. The van der Waals surface area contributed by atoms with Gasteiger partial charge in [-0.3, -0.25) is 14.5 Å². The number of nitrogens with two attached hydrogens (primary N) is 1. The third-order valence-corrected chi connectivity index (χ3v) is 6.14. The van der Waals surface area contributed by atoms with Crippen LogP contribution in [0.25, 0.3) is 22.4 Å². The maximum Gasteiger partial charge on any atom is 0.328 e. The summed E-state index contributed by atoms with van der Waals surface area (Å²) >= 11 is 0. The van der Waals surface area contributed by atoms with Crippen LogP contribution in [0.3, 0.4) is 0 Å². The number of hydrogen-bond acceptors (Lipinski definition) is 8. The molecule has 1 aliphatic rings. The van der Waals surface area contributed by atoms with Crippen molar-refractivity contribution in [3.05, 3.63) is 64.2 Å². The molecule has 5 rings (SSSR count). The van der Waals surface area contributed by atoms with Crippen LogP contribution in [0.4, 0.5) is 5.82 Å². The SMILES string of the molecule is COCCOc1nc(N)c2[nH]c(=O)n(Cc3ccc(-c4cccc(CN5CCCC5)c4)nc3)c2n1. The minimum atomic E-state index is -0.325. The first kappa shape index (κ1) is 23.0. The fourth-order valence-electron chi connectivity index (χ4n) is 4.36. The van der Waals surface area contributed by atoms with Crippen LogP contribution in [0.5, 0.6) is 6.01 Å². The highest BCUT2D eigenvalue weighted by molar-refractivity contribution is 5.82. The summed E-state index contributed by atoms with van der Waals surface area (Å²) in [6, 6.07) is 12.6. The van der Waals surface area contributed by atoms with Crippen molar-refractivity contribution in [1.82, 2.24) is 29.4 Å². The number of imidazole rings is 1. The van der Waals surface area contributed by atoms with Crippen molar-refractivity contribution in [1.29, 1.82) is 0 Å². The van der Waals surface area contributed by atoms with Crippen LogP contribution >= 0.6 is 0 Å². The molecule has 3 N–H and O–H groups in total. The number of aromatic amines is 1. The lowest BCUT2D eigenvalue weighted by molar-refractivity contribution is 0.141. The molecule has 1 aliphatic heterocycles. The molecule has 35 heavy (non-hydrogen) atoms. The highest BCUT2D eigenvalue weighted by Gasteiger charge is 2.16. The predicted octanol–water partition coefficient (Wildman–Crippen LogP) is 2.43. The Morgan fingerprint density at radius 1 is 1.06 bits per heavy atom. The number of nitrogen functional groups attached to an aromatic ring is 1. The lowest BCUT2D eigenvalue weighted by atomic mass is 10.1. The molecule has 0 radical (unpaired) electrons. The third-order valence-electron chi connectivity index (χ3n) is 6.14. The van der Waals surface area contributed by atoms with Crippen molar-refractivity contribution in [3.63, 3.8) is 0 Å². The summed E-state index contributed by atoms with van der Waals surface area (Å²) in [7, 11) is 1.58. The number of benzene rings is 1. The van der Waals surface area contributed by atoms with Gasteiger partial charge in [-0.1, -0.05) is 24.3 Å². The van der Waals surface area contributed by atoms with E-state index in [1.54, 1.807) is 13.3 Å². The number of H-pyrrole nitrogens is 1. The minimum absolute atomic E-state index is 0.0992. The van der Waals surface area contributed by atoms with Crippen LogP contribution < -0.4 is 16.2 Å². The number of fused-ring (bicyclic) bond motifs is 1. The van der Waals surface area contributed by atoms with Gasteiger partial charge in [-0.05, 0) is 49.2 Å². The molecule has 0 spiro atoms. The van der Waals surface area contributed by atoms with E-state index in [9.17, 15) is 4.79 Å². The first-order valence-corrected chi connectivity index (χ1v) is 11.7. The molecule has 1 aromatic carbocycles. The molecule has 4 aromatic rings. The van der Waals surface area contributed by atoms with Gasteiger partial charge >= 0.3 is 11.7 Å². The van der Waals surface area contributed by atoms with Crippen LogP contribution in [0, 0.1) is 0 Å². The smallest absolute Gasteiger partial charge is 0.328 e. The number of anilines is 1. The molecule has 0 aliphatic carbocycles. The van der Waals surface area contributed by atoms with E-state index in [1.807, 2.05) is 12.1 Å². The van der Waals surface area contributed by atoms with E-state index in [1.165, 1.54) is 36.1 Å². The standard InChI is InChI=1S/C25H29N7O3/c1-34-11-12-35-24-29-22(26)21-23(30-24)32(25(33)28-21)16-18-7-8-20(27-14-18)19-6-4-5-17(13-19)15-31-9-2-3-10-31/h4-8,13-14H,2-3,9-12,15-16H2,1H3,(H,28,33)(H2,26,29,30). The summed E-state index contributed by atoms with van der Waals surface area (Å²) in [4.78, 5) is 31.0. The van der Waals surface area contributed by atoms with Crippen molar-refractivity contribution < 1.29 is 9.47 Å². The van der Waals surface area contributed by atoms with Crippen LogP contribution in [-0.4, -0.2) is 62.8 Å². The maximum atomic E-state index is 12.6. The summed E-state index contributed by atoms with van der Waals surface area (Å²) in [5.41, 5.74) is 10.6. The molecule has 0 bridgehead atoms. The second-order valence-corrected chi connectivity index (χ2v) is 8.68.